The van der Waals surface area contributed by atoms with Crippen molar-refractivity contribution < 1.29 is 0 Å². The van der Waals surface area contributed by atoms with Crippen molar-refractivity contribution in [1.82, 2.24) is 14.9 Å². The number of rotatable bonds is 8. The van der Waals surface area contributed by atoms with Crippen molar-refractivity contribution in [1.29, 1.82) is 0 Å². The van der Waals surface area contributed by atoms with Crippen molar-refractivity contribution in [2.24, 2.45) is 5.73 Å². The summed E-state index contributed by atoms with van der Waals surface area (Å²) in [6, 6.07) is 9.64. The first-order chi connectivity index (χ1) is 13.1. The smallest absolute Gasteiger partial charge is 0.251 e. The van der Waals surface area contributed by atoms with E-state index in [-0.39, 0.29) is 17.6 Å². The second-order valence-corrected chi connectivity index (χ2v) is 7.22. The highest BCUT2D eigenvalue weighted by molar-refractivity contribution is 5.56. The summed E-state index contributed by atoms with van der Waals surface area (Å²) in [4.78, 5) is 21.7. The Hall–Kier alpha value is -2.50. The van der Waals surface area contributed by atoms with Gasteiger partial charge in [-0.2, -0.15) is 0 Å². The Morgan fingerprint density at radius 1 is 1.26 bits per heavy atom. The molecule has 5 nitrogen and oxygen atoms in total. The summed E-state index contributed by atoms with van der Waals surface area (Å²) in [6.07, 6.45) is 8.32. The third-order valence-electron chi connectivity index (χ3n) is 5.37. The van der Waals surface area contributed by atoms with Gasteiger partial charge in [-0.3, -0.25) is 9.69 Å². The number of likely N-dealkylation sites (tertiary alicyclic amines) is 1. The van der Waals surface area contributed by atoms with E-state index in [9.17, 15) is 4.79 Å². The summed E-state index contributed by atoms with van der Waals surface area (Å²) in [5, 5.41) is 0. The van der Waals surface area contributed by atoms with Crippen LogP contribution in [0.2, 0.25) is 0 Å². The number of benzene rings is 1. The molecule has 0 bridgehead atoms. The maximum Gasteiger partial charge on any atom is 0.251 e. The highest BCUT2D eigenvalue weighted by atomic mass is 16.1. The topological polar surface area (TPSA) is 75.0 Å². The molecule has 1 aliphatic rings. The SMILES string of the molecule is C=CCC1(CC=C)CCCN1Cc1cccc(-c2nc(CN)cc(=O)[nH]2)c1. The number of aromatic amines is 1. The van der Waals surface area contributed by atoms with Gasteiger partial charge in [-0.05, 0) is 43.9 Å². The molecule has 142 valence electrons. The van der Waals surface area contributed by atoms with Crippen LogP contribution in [0.1, 0.15) is 36.9 Å². The van der Waals surface area contributed by atoms with Crippen molar-refractivity contribution in [3.63, 3.8) is 0 Å². The number of nitrogens with zero attached hydrogens (tertiary/aromatic N) is 2. The van der Waals surface area contributed by atoms with Gasteiger partial charge in [0.15, 0.2) is 0 Å². The van der Waals surface area contributed by atoms with Crippen LogP contribution in [0.5, 0.6) is 0 Å². The number of nitrogens with one attached hydrogen (secondary N) is 1. The van der Waals surface area contributed by atoms with Crippen LogP contribution in [0, 0.1) is 0 Å². The van der Waals surface area contributed by atoms with Crippen LogP contribution in [0.3, 0.4) is 0 Å². The normalized spacial score (nSPS) is 16.3. The van der Waals surface area contributed by atoms with E-state index in [0.717, 1.165) is 37.9 Å². The van der Waals surface area contributed by atoms with Gasteiger partial charge >= 0.3 is 0 Å². The molecule has 1 saturated heterocycles. The molecule has 0 saturated carbocycles. The summed E-state index contributed by atoms with van der Waals surface area (Å²) in [7, 11) is 0. The maximum absolute atomic E-state index is 11.9. The predicted octanol–water partition coefficient (Wildman–Crippen LogP) is 3.38. The van der Waals surface area contributed by atoms with Gasteiger partial charge in [0, 0.05) is 30.3 Å². The predicted molar refractivity (Wildman–Crippen MR) is 110 cm³/mol. The van der Waals surface area contributed by atoms with Crippen LogP contribution in [0.15, 0.2) is 60.4 Å². The Morgan fingerprint density at radius 3 is 2.74 bits per heavy atom. The van der Waals surface area contributed by atoms with Gasteiger partial charge in [-0.15, -0.1) is 13.2 Å². The molecule has 1 aromatic carbocycles. The Bertz CT molecular complexity index is 861. The quantitative estimate of drug-likeness (QED) is 0.704. The minimum absolute atomic E-state index is 0.117. The number of H-pyrrole nitrogens is 1. The fourth-order valence-corrected chi connectivity index (χ4v) is 4.11. The molecule has 27 heavy (non-hydrogen) atoms. The van der Waals surface area contributed by atoms with E-state index in [1.54, 1.807) is 0 Å². The molecule has 0 unspecified atom stereocenters. The molecule has 3 rings (SSSR count). The molecule has 5 heteroatoms. The molecule has 0 radical (unpaired) electrons. The van der Waals surface area contributed by atoms with Crippen LogP contribution in [0.25, 0.3) is 11.4 Å². The third-order valence-corrected chi connectivity index (χ3v) is 5.37. The Labute approximate surface area is 160 Å². The van der Waals surface area contributed by atoms with Crippen molar-refractivity contribution in [2.75, 3.05) is 6.54 Å². The third kappa shape index (κ3) is 4.26. The first-order valence-corrected chi connectivity index (χ1v) is 9.47. The van der Waals surface area contributed by atoms with Gasteiger partial charge in [-0.1, -0.05) is 30.4 Å². The van der Waals surface area contributed by atoms with Crippen LogP contribution < -0.4 is 11.3 Å². The van der Waals surface area contributed by atoms with E-state index >= 15 is 0 Å². The molecule has 0 spiro atoms. The van der Waals surface area contributed by atoms with E-state index < -0.39 is 0 Å². The minimum Gasteiger partial charge on any atom is -0.325 e. The van der Waals surface area contributed by atoms with E-state index in [1.165, 1.54) is 18.1 Å². The molecule has 1 aliphatic heterocycles. The Kier molecular flexibility index (Phi) is 6.04. The van der Waals surface area contributed by atoms with Crippen LogP contribution in [0.4, 0.5) is 0 Å². The number of aromatic nitrogens is 2. The average molecular weight is 364 g/mol. The molecular formula is C22H28N4O. The number of hydrogen-bond donors (Lipinski definition) is 2. The van der Waals surface area contributed by atoms with Crippen molar-refractivity contribution in [3.05, 3.63) is 77.3 Å². The molecule has 0 amide bonds. The molecule has 2 heterocycles. The van der Waals surface area contributed by atoms with Crippen molar-refractivity contribution in [3.8, 4) is 11.4 Å². The van der Waals surface area contributed by atoms with E-state index in [4.69, 9.17) is 5.73 Å². The van der Waals surface area contributed by atoms with E-state index in [2.05, 4.69) is 40.2 Å². The zero-order valence-electron chi connectivity index (χ0n) is 15.8. The molecule has 0 atom stereocenters. The summed E-state index contributed by atoms with van der Waals surface area (Å²) in [5.74, 6) is 0.565. The van der Waals surface area contributed by atoms with Crippen molar-refractivity contribution in [2.45, 2.75) is 44.3 Å². The monoisotopic (exact) mass is 364 g/mol. The van der Waals surface area contributed by atoms with Gasteiger partial charge in [0.2, 0.25) is 0 Å². The molecular weight excluding hydrogens is 336 g/mol. The fraction of sp³-hybridized carbons (Fsp3) is 0.364. The highest BCUT2D eigenvalue weighted by Crippen LogP contribution is 2.37. The Balaban J connectivity index is 1.88. The molecule has 1 fully saturated rings. The standard InChI is InChI=1S/C22H28N4O/c1-3-9-22(10-4-2)11-6-12-26(22)16-17-7-5-8-18(13-17)21-24-19(15-23)14-20(27)25-21/h3-5,7-8,13-14H,1-2,6,9-12,15-16,23H2,(H,24,25,27). The summed E-state index contributed by atoms with van der Waals surface area (Å²) in [5.41, 5.74) is 8.28. The molecule has 2 aromatic rings. The second kappa shape index (κ2) is 8.46. The van der Waals surface area contributed by atoms with Gasteiger partial charge in [0.05, 0.1) is 5.69 Å². The largest absolute Gasteiger partial charge is 0.325 e. The summed E-state index contributed by atoms with van der Waals surface area (Å²) < 4.78 is 0. The van der Waals surface area contributed by atoms with Gasteiger partial charge in [0.25, 0.3) is 5.56 Å². The maximum atomic E-state index is 11.9. The van der Waals surface area contributed by atoms with Crippen LogP contribution in [-0.2, 0) is 13.1 Å². The van der Waals surface area contributed by atoms with Gasteiger partial charge < -0.3 is 10.7 Å². The lowest BCUT2D eigenvalue weighted by atomic mass is 9.88. The molecule has 1 aromatic heterocycles. The van der Waals surface area contributed by atoms with Crippen LogP contribution in [-0.4, -0.2) is 27.0 Å². The summed E-state index contributed by atoms with van der Waals surface area (Å²) >= 11 is 0. The average Bonchev–Trinajstić information content (AvgIpc) is 3.04. The van der Waals surface area contributed by atoms with E-state index in [0.29, 0.717) is 11.5 Å². The zero-order chi connectivity index (χ0) is 19.3. The molecule has 0 aliphatic carbocycles. The lowest BCUT2D eigenvalue weighted by molar-refractivity contribution is 0.133. The van der Waals surface area contributed by atoms with Crippen molar-refractivity contribution >= 4 is 0 Å². The first kappa shape index (κ1) is 19.3. The lowest BCUT2D eigenvalue weighted by Crippen LogP contribution is -2.42. The van der Waals surface area contributed by atoms with E-state index in [1.807, 2.05) is 24.3 Å². The fourth-order valence-electron chi connectivity index (χ4n) is 4.11. The van der Waals surface area contributed by atoms with Crippen LogP contribution >= 0.6 is 0 Å². The highest BCUT2D eigenvalue weighted by Gasteiger charge is 2.38. The number of nitrogens with two attached hydrogens (primary N) is 1. The Morgan fingerprint density at radius 2 is 2.04 bits per heavy atom. The second-order valence-electron chi connectivity index (χ2n) is 7.22. The van der Waals surface area contributed by atoms with Gasteiger partial charge in [0.1, 0.15) is 5.82 Å². The lowest BCUT2D eigenvalue weighted by Gasteiger charge is -2.37. The zero-order valence-corrected chi connectivity index (χ0v) is 15.8. The molecule has 3 N–H and O–H groups in total. The number of hydrogen-bond acceptors (Lipinski definition) is 4. The minimum atomic E-state index is -0.179. The summed E-state index contributed by atoms with van der Waals surface area (Å²) in [6.45, 7) is 10.1. The van der Waals surface area contributed by atoms with Gasteiger partial charge in [-0.25, -0.2) is 4.98 Å². The first-order valence-electron chi connectivity index (χ1n) is 9.47.